The average Bonchev–Trinajstić information content (AvgIpc) is 2.27. The summed E-state index contributed by atoms with van der Waals surface area (Å²) in [6.45, 7) is 4.04. The smallest absolute Gasteiger partial charge is 0.251 e. The normalized spacial score (nSPS) is 11.7. The van der Waals surface area contributed by atoms with Crippen LogP contribution in [0.2, 0.25) is 0 Å². The van der Waals surface area contributed by atoms with Crippen LogP contribution in [0.25, 0.3) is 0 Å². The van der Waals surface area contributed by atoms with Crippen LogP contribution < -0.4 is 21.5 Å². The van der Waals surface area contributed by atoms with Crippen LogP contribution in [0.15, 0.2) is 18.2 Å². The Balaban J connectivity index is 2.78. The number of rotatable bonds is 6. The molecule has 0 aromatic heterocycles. The van der Waals surface area contributed by atoms with E-state index in [1.54, 1.807) is 25.1 Å². The minimum absolute atomic E-state index is 0.0897. The minimum Gasteiger partial charge on any atom is -0.494 e. The summed E-state index contributed by atoms with van der Waals surface area (Å²) in [5, 5.41) is 2.67. The third-order valence-electron chi connectivity index (χ3n) is 2.39. The molecule has 0 aliphatic rings. The molecule has 6 heteroatoms. The molecule has 104 valence electrons. The standard InChI is InChI=1S/C13H19N3O3/c1-3-19-11-6-9(5-10(14)7-11)13(18)16-8(2)4-12(15)17/h5-8H,3-4,14H2,1-2H3,(H2,15,17)(H,16,18). The first-order valence-corrected chi connectivity index (χ1v) is 6.05. The Morgan fingerprint density at radius 3 is 2.63 bits per heavy atom. The van der Waals surface area contributed by atoms with Crippen molar-refractivity contribution in [3.05, 3.63) is 23.8 Å². The van der Waals surface area contributed by atoms with E-state index in [0.717, 1.165) is 0 Å². The quantitative estimate of drug-likeness (QED) is 0.657. The highest BCUT2D eigenvalue weighted by Gasteiger charge is 2.13. The van der Waals surface area contributed by atoms with Crippen molar-refractivity contribution in [2.75, 3.05) is 12.3 Å². The van der Waals surface area contributed by atoms with Gasteiger partial charge in [0.2, 0.25) is 5.91 Å². The van der Waals surface area contributed by atoms with Crippen LogP contribution in [-0.2, 0) is 4.79 Å². The van der Waals surface area contributed by atoms with Gasteiger partial charge in [-0.1, -0.05) is 0 Å². The lowest BCUT2D eigenvalue weighted by molar-refractivity contribution is -0.118. The molecule has 0 radical (unpaired) electrons. The highest BCUT2D eigenvalue weighted by Crippen LogP contribution is 2.19. The average molecular weight is 265 g/mol. The number of nitrogens with two attached hydrogens (primary N) is 2. The van der Waals surface area contributed by atoms with E-state index < -0.39 is 5.91 Å². The Hall–Kier alpha value is -2.24. The molecule has 0 aliphatic heterocycles. The number of nitrogens with one attached hydrogen (secondary N) is 1. The zero-order valence-electron chi connectivity index (χ0n) is 11.1. The SMILES string of the molecule is CCOc1cc(N)cc(C(=O)NC(C)CC(N)=O)c1. The molecule has 1 rings (SSSR count). The van der Waals surface area contributed by atoms with Crippen molar-refractivity contribution in [1.82, 2.24) is 5.32 Å². The van der Waals surface area contributed by atoms with Crippen LogP contribution in [0.5, 0.6) is 5.75 Å². The maximum Gasteiger partial charge on any atom is 0.251 e. The lowest BCUT2D eigenvalue weighted by Gasteiger charge is -2.13. The first-order valence-electron chi connectivity index (χ1n) is 6.05. The van der Waals surface area contributed by atoms with Gasteiger partial charge in [0.25, 0.3) is 5.91 Å². The minimum atomic E-state index is -0.463. The largest absolute Gasteiger partial charge is 0.494 e. The Bertz CT molecular complexity index is 474. The zero-order valence-corrected chi connectivity index (χ0v) is 11.1. The van der Waals surface area contributed by atoms with Gasteiger partial charge in [-0.3, -0.25) is 9.59 Å². The molecule has 0 saturated carbocycles. The first kappa shape index (κ1) is 14.8. The Kier molecular flexibility index (Phi) is 5.17. The van der Waals surface area contributed by atoms with Gasteiger partial charge in [0.05, 0.1) is 6.61 Å². The lowest BCUT2D eigenvalue weighted by Crippen LogP contribution is -2.35. The molecule has 0 spiro atoms. The molecule has 1 aromatic carbocycles. The number of amides is 2. The Morgan fingerprint density at radius 2 is 2.05 bits per heavy atom. The van der Waals surface area contributed by atoms with Gasteiger partial charge in [-0.05, 0) is 26.0 Å². The van der Waals surface area contributed by atoms with Gasteiger partial charge < -0.3 is 21.5 Å². The fourth-order valence-corrected chi connectivity index (χ4v) is 1.66. The van der Waals surface area contributed by atoms with Crippen LogP contribution in [-0.4, -0.2) is 24.5 Å². The predicted octanol–water partition coefficient (Wildman–Crippen LogP) is 0.661. The summed E-state index contributed by atoms with van der Waals surface area (Å²) in [6, 6.07) is 4.47. The second-order valence-corrected chi connectivity index (χ2v) is 4.27. The van der Waals surface area contributed by atoms with Gasteiger partial charge in [-0.15, -0.1) is 0 Å². The van der Waals surface area contributed by atoms with Crippen molar-refractivity contribution in [3.63, 3.8) is 0 Å². The van der Waals surface area contributed by atoms with E-state index >= 15 is 0 Å². The van der Waals surface area contributed by atoms with E-state index in [0.29, 0.717) is 23.6 Å². The second kappa shape index (κ2) is 6.63. The number of anilines is 1. The number of benzene rings is 1. The molecule has 0 aliphatic carbocycles. The molecule has 0 saturated heterocycles. The second-order valence-electron chi connectivity index (χ2n) is 4.27. The van der Waals surface area contributed by atoms with Gasteiger partial charge in [0, 0.05) is 29.8 Å². The number of carbonyl (C=O) groups is 2. The van der Waals surface area contributed by atoms with Crippen molar-refractivity contribution in [2.45, 2.75) is 26.3 Å². The van der Waals surface area contributed by atoms with Gasteiger partial charge in [0.1, 0.15) is 5.75 Å². The van der Waals surface area contributed by atoms with E-state index in [-0.39, 0.29) is 18.4 Å². The van der Waals surface area contributed by atoms with Gasteiger partial charge in [-0.25, -0.2) is 0 Å². The number of hydrogen-bond donors (Lipinski definition) is 3. The summed E-state index contributed by atoms with van der Waals surface area (Å²) < 4.78 is 5.31. The third kappa shape index (κ3) is 4.87. The number of hydrogen-bond acceptors (Lipinski definition) is 4. The van der Waals surface area contributed by atoms with Crippen LogP contribution in [0.3, 0.4) is 0 Å². The summed E-state index contributed by atoms with van der Waals surface area (Å²) in [5.41, 5.74) is 11.6. The fraction of sp³-hybridized carbons (Fsp3) is 0.385. The molecule has 1 unspecified atom stereocenters. The van der Waals surface area contributed by atoms with Crippen LogP contribution in [0.4, 0.5) is 5.69 Å². The van der Waals surface area contributed by atoms with Crippen molar-refractivity contribution in [3.8, 4) is 5.75 Å². The van der Waals surface area contributed by atoms with Crippen LogP contribution in [0.1, 0.15) is 30.6 Å². The lowest BCUT2D eigenvalue weighted by atomic mass is 10.1. The molecule has 0 heterocycles. The summed E-state index contributed by atoms with van der Waals surface area (Å²) in [6.07, 6.45) is 0.0897. The molecule has 0 fully saturated rings. The van der Waals surface area contributed by atoms with Crippen molar-refractivity contribution in [1.29, 1.82) is 0 Å². The maximum absolute atomic E-state index is 12.0. The first-order chi connectivity index (χ1) is 8.92. The van der Waals surface area contributed by atoms with E-state index in [1.165, 1.54) is 0 Å². The number of primary amides is 1. The molecule has 1 atom stereocenters. The van der Waals surface area contributed by atoms with Gasteiger partial charge in [-0.2, -0.15) is 0 Å². The van der Waals surface area contributed by atoms with Crippen LogP contribution in [0, 0.1) is 0 Å². The number of nitrogen functional groups attached to an aromatic ring is 1. The summed E-state index contributed by atoms with van der Waals surface area (Å²) in [7, 11) is 0. The molecular formula is C13H19N3O3. The van der Waals surface area contributed by atoms with Crippen molar-refractivity contribution >= 4 is 17.5 Å². The topological polar surface area (TPSA) is 107 Å². The third-order valence-corrected chi connectivity index (χ3v) is 2.39. The van der Waals surface area contributed by atoms with Crippen molar-refractivity contribution in [2.24, 2.45) is 5.73 Å². The monoisotopic (exact) mass is 265 g/mol. The Labute approximate surface area is 112 Å². The van der Waals surface area contributed by atoms with E-state index in [2.05, 4.69) is 5.32 Å². The van der Waals surface area contributed by atoms with Crippen molar-refractivity contribution < 1.29 is 14.3 Å². The molecule has 6 nitrogen and oxygen atoms in total. The molecule has 1 aromatic rings. The van der Waals surface area contributed by atoms with E-state index in [4.69, 9.17) is 16.2 Å². The number of carbonyl (C=O) groups excluding carboxylic acids is 2. The summed E-state index contributed by atoms with van der Waals surface area (Å²) in [5.74, 6) is -0.243. The summed E-state index contributed by atoms with van der Waals surface area (Å²) >= 11 is 0. The van der Waals surface area contributed by atoms with Gasteiger partial charge in [0.15, 0.2) is 0 Å². The molecular weight excluding hydrogens is 246 g/mol. The molecule has 2 amide bonds. The molecule has 5 N–H and O–H groups in total. The highest BCUT2D eigenvalue weighted by atomic mass is 16.5. The van der Waals surface area contributed by atoms with Crippen LogP contribution >= 0.6 is 0 Å². The van der Waals surface area contributed by atoms with E-state index in [1.807, 2.05) is 6.92 Å². The molecule has 19 heavy (non-hydrogen) atoms. The fourth-order valence-electron chi connectivity index (χ4n) is 1.66. The maximum atomic E-state index is 12.0. The molecule has 0 bridgehead atoms. The highest BCUT2D eigenvalue weighted by molar-refractivity contribution is 5.96. The predicted molar refractivity (Wildman–Crippen MR) is 72.8 cm³/mol. The zero-order chi connectivity index (χ0) is 14.4. The number of ether oxygens (including phenoxy) is 1. The van der Waals surface area contributed by atoms with Gasteiger partial charge >= 0.3 is 0 Å². The Morgan fingerprint density at radius 1 is 1.37 bits per heavy atom. The summed E-state index contributed by atoms with van der Waals surface area (Å²) in [4.78, 5) is 22.7. The van der Waals surface area contributed by atoms with E-state index in [9.17, 15) is 9.59 Å².